The molecule has 0 spiro atoms. The van der Waals surface area contributed by atoms with E-state index in [0.29, 0.717) is 91.9 Å². The number of carboxylic acid groups (broad SMARTS) is 1. The topological polar surface area (TPSA) is 162 Å². The van der Waals surface area contributed by atoms with Crippen molar-refractivity contribution in [2.45, 2.75) is 51.5 Å². The van der Waals surface area contributed by atoms with Crippen LogP contribution in [0, 0.1) is 18.3 Å². The van der Waals surface area contributed by atoms with Gasteiger partial charge in [0.15, 0.2) is 11.1 Å². The highest BCUT2D eigenvalue weighted by Gasteiger charge is 2.29. The van der Waals surface area contributed by atoms with Gasteiger partial charge in [-0.3, -0.25) is 9.80 Å². The summed E-state index contributed by atoms with van der Waals surface area (Å²) in [4.78, 5) is 27.2. The fourth-order valence-corrected chi connectivity index (χ4v) is 8.51. The third-order valence-electron chi connectivity index (χ3n) is 11.5. The van der Waals surface area contributed by atoms with E-state index in [2.05, 4.69) is 52.2 Å². The Hall–Kier alpha value is -5.88. The number of nitrogens with zero attached hydrogens (tertiary/aromatic N) is 7. The van der Waals surface area contributed by atoms with E-state index in [-0.39, 0.29) is 12.2 Å². The van der Waals surface area contributed by atoms with Crippen LogP contribution in [-0.4, -0.2) is 107 Å². The number of fused-ring (bicyclic) bond motifs is 2. The molecule has 1 amide bonds. The number of piperazine rings is 1. The van der Waals surface area contributed by atoms with Crippen LogP contribution >= 0.6 is 0 Å². The number of β-amino-alcohol motifs (C(OH)–C–C–N with tert-alkyl or cyclic N) is 1. The number of methoxy groups -OCH3 is 1. The van der Waals surface area contributed by atoms with Crippen LogP contribution in [0.4, 0.5) is 4.79 Å². The number of hydrogen-bond donors (Lipinski definition) is 2. The Bertz CT molecular complexity index is 2410. The highest BCUT2D eigenvalue weighted by molar-refractivity contribution is 5.88. The summed E-state index contributed by atoms with van der Waals surface area (Å²) < 4.78 is 20.6. The average molecular weight is 774 g/mol. The van der Waals surface area contributed by atoms with Gasteiger partial charge in [-0.2, -0.15) is 10.2 Å². The van der Waals surface area contributed by atoms with Gasteiger partial charge in [-0.05, 0) is 66.1 Å². The zero-order valence-electron chi connectivity index (χ0n) is 32.5. The lowest BCUT2D eigenvalue weighted by molar-refractivity contribution is 0.104. The fraction of sp³-hybridized carbons (Fsp3) is 0.395. The van der Waals surface area contributed by atoms with Gasteiger partial charge in [-0.15, -0.1) is 0 Å². The number of aliphatic hydroxyl groups is 1. The first-order valence-electron chi connectivity index (χ1n) is 19.4. The Morgan fingerprint density at radius 2 is 1.79 bits per heavy atom. The predicted molar refractivity (Wildman–Crippen MR) is 212 cm³/mol. The molecule has 0 radical (unpaired) electrons. The van der Waals surface area contributed by atoms with E-state index in [4.69, 9.17) is 23.7 Å². The van der Waals surface area contributed by atoms with Gasteiger partial charge >= 0.3 is 6.09 Å². The molecule has 0 unspecified atom stereocenters. The van der Waals surface area contributed by atoms with E-state index in [1.54, 1.807) is 13.3 Å². The molecule has 2 saturated heterocycles. The lowest BCUT2D eigenvalue weighted by atomic mass is 9.91. The van der Waals surface area contributed by atoms with E-state index in [1.807, 2.05) is 34.9 Å². The van der Waals surface area contributed by atoms with Crippen LogP contribution in [0.15, 0.2) is 70.4 Å². The number of nitriles is 1. The number of likely N-dealkylation sites (tertiary alicyclic amines) is 1. The van der Waals surface area contributed by atoms with Crippen LogP contribution in [0.3, 0.4) is 0 Å². The predicted octanol–water partition coefficient (Wildman–Crippen LogP) is 5.54. The van der Waals surface area contributed by atoms with Gasteiger partial charge in [0.25, 0.3) is 0 Å². The zero-order valence-corrected chi connectivity index (χ0v) is 32.5. The highest BCUT2D eigenvalue weighted by atomic mass is 16.6. The molecule has 2 fully saturated rings. The van der Waals surface area contributed by atoms with Crippen molar-refractivity contribution in [3.63, 3.8) is 0 Å². The quantitative estimate of drug-likeness (QED) is 0.162. The molecule has 14 heteroatoms. The number of hydrogen-bond acceptors (Lipinski definition) is 11. The monoisotopic (exact) mass is 773 g/mol. The summed E-state index contributed by atoms with van der Waals surface area (Å²) in [6.45, 7) is 7.60. The van der Waals surface area contributed by atoms with Crippen LogP contribution < -0.4 is 15.0 Å². The number of aromatic nitrogens is 2. The molecule has 2 N–H and O–H groups in total. The Balaban J connectivity index is 1.05. The Morgan fingerprint density at radius 3 is 2.53 bits per heavy atom. The molecule has 14 nitrogen and oxygen atoms in total. The van der Waals surface area contributed by atoms with E-state index >= 15 is 0 Å². The normalized spacial score (nSPS) is 18.9. The number of carbonyl (C=O) groups is 1. The summed E-state index contributed by atoms with van der Waals surface area (Å²) in [5.74, 6) is 1.67. The largest absolute Gasteiger partial charge is 0.481 e. The first-order chi connectivity index (χ1) is 27.7. The van der Waals surface area contributed by atoms with E-state index in [1.165, 1.54) is 17.6 Å². The SMILES string of the molecule is CO/N=c1/c2cc(-c3cccc(-c4cccc5c4CC[C@@H]5Oc4ccc(CN5CC[C@@H](O)C5)c(OC)n4)c3C)oc2c(C#N)cn1CCN1CCN(C(=O)O)CC1. The van der Waals surface area contributed by atoms with Crippen molar-refractivity contribution in [2.24, 2.45) is 5.16 Å². The molecule has 3 aromatic heterocycles. The lowest BCUT2D eigenvalue weighted by Gasteiger charge is -2.33. The zero-order chi connectivity index (χ0) is 39.6. The number of pyridine rings is 2. The molecule has 0 saturated carbocycles. The molecule has 1 aliphatic carbocycles. The number of furan rings is 1. The third-order valence-corrected chi connectivity index (χ3v) is 11.5. The lowest BCUT2D eigenvalue weighted by Crippen LogP contribution is -2.49. The molecule has 0 bridgehead atoms. The maximum atomic E-state index is 11.4. The molecule has 8 rings (SSSR count). The number of ether oxygens (including phenoxy) is 2. The molecule has 5 heterocycles. The summed E-state index contributed by atoms with van der Waals surface area (Å²) >= 11 is 0. The van der Waals surface area contributed by atoms with Gasteiger partial charge in [0, 0.05) is 82.3 Å². The van der Waals surface area contributed by atoms with Crippen LogP contribution in [0.5, 0.6) is 11.8 Å². The summed E-state index contributed by atoms with van der Waals surface area (Å²) in [7, 11) is 3.12. The van der Waals surface area contributed by atoms with E-state index < -0.39 is 6.09 Å². The van der Waals surface area contributed by atoms with Crippen LogP contribution in [-0.2, 0) is 24.3 Å². The Labute approximate surface area is 330 Å². The van der Waals surface area contributed by atoms with Crippen molar-refractivity contribution in [3.8, 4) is 40.3 Å². The van der Waals surface area contributed by atoms with Gasteiger partial charge in [-0.1, -0.05) is 41.6 Å². The minimum Gasteiger partial charge on any atom is -0.481 e. The maximum Gasteiger partial charge on any atom is 0.407 e. The molecule has 296 valence electrons. The Morgan fingerprint density at radius 1 is 1.00 bits per heavy atom. The summed E-state index contributed by atoms with van der Waals surface area (Å²) in [6.07, 6.45) is 2.84. The summed E-state index contributed by atoms with van der Waals surface area (Å²) in [5.41, 5.74) is 8.87. The molecule has 2 aliphatic heterocycles. The van der Waals surface area contributed by atoms with Gasteiger partial charge in [-0.25, -0.2) is 4.79 Å². The number of rotatable bonds is 11. The number of amides is 1. The minimum atomic E-state index is -0.897. The molecular weight excluding hydrogens is 727 g/mol. The molecule has 2 atom stereocenters. The van der Waals surface area contributed by atoms with E-state index in [0.717, 1.165) is 59.2 Å². The smallest absolute Gasteiger partial charge is 0.407 e. The molecule has 3 aliphatic rings. The fourth-order valence-electron chi connectivity index (χ4n) is 8.51. The van der Waals surface area contributed by atoms with Crippen LogP contribution in [0.25, 0.3) is 33.4 Å². The molecular formula is C43H47N7O7. The van der Waals surface area contributed by atoms with Crippen molar-refractivity contribution >= 4 is 17.1 Å². The number of aliphatic hydroxyl groups excluding tert-OH is 1. The van der Waals surface area contributed by atoms with Crippen molar-refractivity contribution in [2.75, 3.05) is 60.0 Å². The van der Waals surface area contributed by atoms with Crippen molar-refractivity contribution < 1.29 is 33.7 Å². The second-order valence-electron chi connectivity index (χ2n) is 14.9. The van der Waals surface area contributed by atoms with Gasteiger partial charge in [0.1, 0.15) is 30.6 Å². The standard InChI is InChI=1S/C43H47N7O7/c1-27-31(33-8-5-9-35-34(33)11-12-37(35)56-39-13-10-28(42(45-39)54-2)24-48-15-14-30(51)26-48)6-4-7-32(27)38-22-36-40(57-38)29(23-44)25-50(41(36)46-55-3)21-18-47-16-19-49(20-17-47)43(52)53/h4-10,13,22,25,30,37,51H,11-12,14-21,24,26H2,1-3H3,(H,52,53)/b46-41-/t30-,37+/m1/s1. The van der Waals surface area contributed by atoms with Crippen molar-refractivity contribution in [3.05, 3.63) is 94.1 Å². The van der Waals surface area contributed by atoms with Crippen LogP contribution in [0.2, 0.25) is 0 Å². The first kappa shape index (κ1) is 38.0. The molecule has 5 aromatic rings. The average Bonchev–Trinajstić information content (AvgIpc) is 3.97. The van der Waals surface area contributed by atoms with E-state index in [9.17, 15) is 20.3 Å². The number of benzene rings is 2. The van der Waals surface area contributed by atoms with Gasteiger partial charge in [0.2, 0.25) is 11.8 Å². The van der Waals surface area contributed by atoms with Crippen molar-refractivity contribution in [1.82, 2.24) is 24.3 Å². The second-order valence-corrected chi connectivity index (χ2v) is 14.9. The second kappa shape index (κ2) is 16.3. The summed E-state index contributed by atoms with van der Waals surface area (Å²) in [5, 5.41) is 34.6. The maximum absolute atomic E-state index is 11.4. The minimum absolute atomic E-state index is 0.163. The summed E-state index contributed by atoms with van der Waals surface area (Å²) in [6, 6.07) is 20.7. The Kier molecular flexibility index (Phi) is 10.9. The van der Waals surface area contributed by atoms with Gasteiger partial charge < -0.3 is 38.4 Å². The molecule has 2 aromatic carbocycles. The van der Waals surface area contributed by atoms with Crippen molar-refractivity contribution in [1.29, 1.82) is 5.26 Å². The third kappa shape index (κ3) is 7.66. The van der Waals surface area contributed by atoms with Gasteiger partial charge in [0.05, 0.1) is 18.6 Å². The van der Waals surface area contributed by atoms with Crippen LogP contribution in [0.1, 0.15) is 46.8 Å². The first-order valence-corrected chi connectivity index (χ1v) is 19.4. The molecule has 57 heavy (non-hydrogen) atoms. The highest BCUT2D eigenvalue weighted by Crippen LogP contribution is 2.43.